The normalized spacial score (nSPS) is 15.5. The lowest BCUT2D eigenvalue weighted by atomic mass is 10.2. The van der Waals surface area contributed by atoms with Gasteiger partial charge in [0.1, 0.15) is 18.3 Å². The van der Waals surface area contributed by atoms with Crippen molar-refractivity contribution in [1.29, 1.82) is 0 Å². The second kappa shape index (κ2) is 5.90. The van der Waals surface area contributed by atoms with Crippen LogP contribution in [-0.2, 0) is 18.4 Å². The predicted octanol–water partition coefficient (Wildman–Crippen LogP) is 0.921. The first kappa shape index (κ1) is 14.7. The summed E-state index contributed by atoms with van der Waals surface area (Å²) in [7, 11) is 1.74. The number of hydrogen-bond donors (Lipinski definition) is 0. The van der Waals surface area contributed by atoms with E-state index in [4.69, 9.17) is 0 Å². The lowest BCUT2D eigenvalue weighted by Crippen LogP contribution is -2.42. The van der Waals surface area contributed by atoms with E-state index in [0.29, 0.717) is 23.6 Å². The van der Waals surface area contributed by atoms with Crippen LogP contribution in [0.25, 0.3) is 11.0 Å². The maximum Gasteiger partial charge on any atom is 0.264 e. The van der Waals surface area contributed by atoms with Crippen molar-refractivity contribution in [2.75, 3.05) is 6.54 Å². The molecule has 1 saturated carbocycles. The zero-order valence-corrected chi connectivity index (χ0v) is 13.0. The molecule has 7 heteroatoms. The number of aromatic nitrogens is 4. The van der Waals surface area contributed by atoms with Crippen molar-refractivity contribution in [2.45, 2.75) is 45.2 Å². The first-order chi connectivity index (χ1) is 10.6. The number of likely N-dealkylation sites (N-methyl/N-ethyl adjacent to an activating group) is 1. The Balaban J connectivity index is 1.84. The van der Waals surface area contributed by atoms with Gasteiger partial charge < -0.3 is 4.90 Å². The summed E-state index contributed by atoms with van der Waals surface area (Å²) in [6.07, 6.45) is 7.42. The second-order valence-corrected chi connectivity index (χ2v) is 5.80. The van der Waals surface area contributed by atoms with Gasteiger partial charge in [-0.05, 0) is 19.8 Å². The summed E-state index contributed by atoms with van der Waals surface area (Å²) in [5.74, 6) is -0.0125. The van der Waals surface area contributed by atoms with Gasteiger partial charge >= 0.3 is 0 Å². The number of amides is 1. The molecule has 0 bridgehead atoms. The molecule has 118 valence electrons. The van der Waals surface area contributed by atoms with Crippen molar-refractivity contribution in [3.8, 4) is 0 Å². The van der Waals surface area contributed by atoms with E-state index in [0.717, 1.165) is 12.8 Å². The monoisotopic (exact) mass is 303 g/mol. The second-order valence-electron chi connectivity index (χ2n) is 5.80. The molecule has 0 unspecified atom stereocenters. The van der Waals surface area contributed by atoms with Gasteiger partial charge in [0, 0.05) is 19.6 Å². The topological polar surface area (TPSA) is 73.0 Å². The number of carbonyl (C=O) groups excluding carboxylic acids is 1. The van der Waals surface area contributed by atoms with Gasteiger partial charge in [-0.15, -0.1) is 0 Å². The number of carbonyl (C=O) groups is 1. The largest absolute Gasteiger partial charge is 0.338 e. The summed E-state index contributed by atoms with van der Waals surface area (Å²) in [4.78, 5) is 31.1. The summed E-state index contributed by atoms with van der Waals surface area (Å²) < 4.78 is 2.93. The third kappa shape index (κ3) is 2.51. The van der Waals surface area contributed by atoms with Gasteiger partial charge in [0.15, 0.2) is 5.65 Å². The average molecular weight is 303 g/mol. The minimum atomic E-state index is -0.214. The van der Waals surface area contributed by atoms with Crippen LogP contribution < -0.4 is 5.56 Å². The molecular formula is C15H21N5O2. The molecule has 0 N–H and O–H groups in total. The average Bonchev–Trinajstić information content (AvgIpc) is 3.14. The molecule has 0 aromatic carbocycles. The van der Waals surface area contributed by atoms with Crippen LogP contribution in [-0.4, -0.2) is 42.7 Å². The van der Waals surface area contributed by atoms with E-state index < -0.39 is 0 Å². The summed E-state index contributed by atoms with van der Waals surface area (Å²) in [5, 5.41) is 4.48. The first-order valence-electron chi connectivity index (χ1n) is 7.78. The number of hydrogen-bond acceptors (Lipinski definition) is 4. The fourth-order valence-electron chi connectivity index (χ4n) is 3.27. The third-order valence-corrected chi connectivity index (χ3v) is 4.45. The third-order valence-electron chi connectivity index (χ3n) is 4.45. The lowest BCUT2D eigenvalue weighted by molar-refractivity contribution is -0.133. The Morgan fingerprint density at radius 1 is 1.41 bits per heavy atom. The van der Waals surface area contributed by atoms with Crippen LogP contribution in [0.3, 0.4) is 0 Å². The number of nitrogens with zero attached hydrogens (tertiary/aromatic N) is 5. The molecule has 2 aromatic rings. The van der Waals surface area contributed by atoms with E-state index in [2.05, 4.69) is 10.1 Å². The minimum absolute atomic E-state index is 0.0125. The van der Waals surface area contributed by atoms with Crippen LogP contribution in [0.4, 0.5) is 0 Å². The Bertz CT molecular complexity index is 742. The highest BCUT2D eigenvalue weighted by molar-refractivity contribution is 5.77. The maximum absolute atomic E-state index is 12.5. The van der Waals surface area contributed by atoms with E-state index >= 15 is 0 Å². The Kier molecular flexibility index (Phi) is 3.96. The SMILES string of the molecule is CCN(C(=O)Cn1cnc2c(cnn2C)c1=O)C1CCCC1. The van der Waals surface area contributed by atoms with Gasteiger partial charge in [-0.2, -0.15) is 5.10 Å². The highest BCUT2D eigenvalue weighted by atomic mass is 16.2. The molecule has 1 fully saturated rings. The minimum Gasteiger partial charge on any atom is -0.338 e. The summed E-state index contributed by atoms with van der Waals surface area (Å²) in [6.45, 7) is 2.71. The van der Waals surface area contributed by atoms with Crippen LogP contribution >= 0.6 is 0 Å². The van der Waals surface area contributed by atoms with Crippen LogP contribution in [0.1, 0.15) is 32.6 Å². The Labute approximate surface area is 128 Å². The van der Waals surface area contributed by atoms with Crippen LogP contribution in [0.15, 0.2) is 17.3 Å². The molecule has 7 nitrogen and oxygen atoms in total. The van der Waals surface area contributed by atoms with E-state index in [-0.39, 0.29) is 18.0 Å². The molecule has 0 radical (unpaired) electrons. The summed E-state index contributed by atoms with van der Waals surface area (Å²) in [6, 6.07) is 0.322. The molecule has 3 rings (SSSR count). The van der Waals surface area contributed by atoms with Crippen molar-refractivity contribution in [2.24, 2.45) is 7.05 Å². The predicted molar refractivity (Wildman–Crippen MR) is 82.4 cm³/mol. The molecule has 1 aliphatic carbocycles. The zero-order valence-electron chi connectivity index (χ0n) is 13.0. The van der Waals surface area contributed by atoms with E-state index in [1.165, 1.54) is 29.9 Å². The van der Waals surface area contributed by atoms with Crippen LogP contribution in [0.5, 0.6) is 0 Å². The smallest absolute Gasteiger partial charge is 0.264 e. The van der Waals surface area contributed by atoms with E-state index in [1.54, 1.807) is 11.7 Å². The van der Waals surface area contributed by atoms with E-state index in [1.807, 2.05) is 11.8 Å². The van der Waals surface area contributed by atoms with Crippen molar-refractivity contribution in [3.63, 3.8) is 0 Å². The standard InChI is InChI=1S/C15H21N5O2/c1-3-20(11-6-4-5-7-11)13(21)9-19-10-16-14-12(15(19)22)8-17-18(14)2/h8,10-11H,3-7,9H2,1-2H3. The molecule has 2 aromatic heterocycles. The fraction of sp³-hybridized carbons (Fsp3) is 0.600. The molecular weight excluding hydrogens is 282 g/mol. The molecule has 0 atom stereocenters. The Morgan fingerprint density at radius 2 is 2.14 bits per heavy atom. The molecule has 22 heavy (non-hydrogen) atoms. The van der Waals surface area contributed by atoms with Gasteiger partial charge in [0.2, 0.25) is 5.91 Å². The van der Waals surface area contributed by atoms with Gasteiger partial charge in [-0.3, -0.25) is 18.8 Å². The van der Waals surface area contributed by atoms with Crippen molar-refractivity contribution in [1.82, 2.24) is 24.2 Å². The van der Waals surface area contributed by atoms with Crippen LogP contribution in [0.2, 0.25) is 0 Å². The quantitative estimate of drug-likeness (QED) is 0.842. The highest BCUT2D eigenvalue weighted by Gasteiger charge is 2.25. The molecule has 2 heterocycles. The molecule has 0 saturated heterocycles. The zero-order chi connectivity index (χ0) is 15.7. The van der Waals surface area contributed by atoms with Gasteiger partial charge in [-0.25, -0.2) is 4.98 Å². The van der Waals surface area contributed by atoms with Gasteiger partial charge in [0.05, 0.1) is 6.20 Å². The van der Waals surface area contributed by atoms with Crippen molar-refractivity contribution >= 4 is 16.9 Å². The van der Waals surface area contributed by atoms with Gasteiger partial charge in [-0.1, -0.05) is 12.8 Å². The first-order valence-corrected chi connectivity index (χ1v) is 7.78. The highest BCUT2D eigenvalue weighted by Crippen LogP contribution is 2.23. The number of aryl methyl sites for hydroxylation is 1. The molecule has 1 aliphatic rings. The van der Waals surface area contributed by atoms with Crippen molar-refractivity contribution in [3.05, 3.63) is 22.9 Å². The van der Waals surface area contributed by atoms with E-state index in [9.17, 15) is 9.59 Å². The molecule has 0 aliphatic heterocycles. The van der Waals surface area contributed by atoms with Crippen LogP contribution in [0, 0.1) is 0 Å². The summed E-state index contributed by atoms with van der Waals surface area (Å²) >= 11 is 0. The molecule has 0 spiro atoms. The lowest BCUT2D eigenvalue weighted by Gasteiger charge is -2.27. The molecule has 1 amide bonds. The number of rotatable bonds is 4. The Hall–Kier alpha value is -2.18. The van der Waals surface area contributed by atoms with Gasteiger partial charge in [0.25, 0.3) is 5.56 Å². The Morgan fingerprint density at radius 3 is 2.82 bits per heavy atom. The maximum atomic E-state index is 12.5. The van der Waals surface area contributed by atoms with Crippen molar-refractivity contribution < 1.29 is 4.79 Å². The summed E-state index contributed by atoms with van der Waals surface area (Å²) in [5.41, 5.74) is 0.325. The fourth-order valence-corrected chi connectivity index (χ4v) is 3.27. The number of fused-ring (bicyclic) bond motifs is 1.